The number of rotatable bonds is 10. The van der Waals surface area contributed by atoms with Gasteiger partial charge >= 0.3 is 5.91 Å². The van der Waals surface area contributed by atoms with Gasteiger partial charge in [-0.15, -0.1) is 5.10 Å². The Morgan fingerprint density at radius 1 is 0.739 bits per heavy atom. The molecular weight excluding hydrogens is 582 g/mol. The van der Waals surface area contributed by atoms with E-state index in [0.29, 0.717) is 17.1 Å². The molecule has 11 heteroatoms. The Morgan fingerprint density at radius 2 is 1.33 bits per heavy atom. The lowest BCUT2D eigenvalue weighted by molar-refractivity contribution is -0.127. The van der Waals surface area contributed by atoms with E-state index in [0.717, 1.165) is 23.8 Å². The minimum atomic E-state index is -1.96. The second kappa shape index (κ2) is 13.8. The number of anilines is 4. The first kappa shape index (κ1) is 31.5. The van der Waals surface area contributed by atoms with Crippen molar-refractivity contribution in [3.05, 3.63) is 120 Å². The Morgan fingerprint density at radius 3 is 1.91 bits per heavy atom. The number of nitrogens with one attached hydrogen (secondary N) is 4. The molecule has 0 aliphatic carbocycles. The van der Waals surface area contributed by atoms with Crippen molar-refractivity contribution in [2.75, 3.05) is 33.6 Å². The van der Waals surface area contributed by atoms with Crippen LogP contribution in [0.1, 0.15) is 41.5 Å². The Hall–Kier alpha value is -5.97. The topological polar surface area (TPSA) is 135 Å². The maximum atomic E-state index is 14.2. The molecule has 5 rings (SSSR count). The van der Waals surface area contributed by atoms with Crippen LogP contribution in [0.2, 0.25) is 0 Å². The molecule has 4 amide bonds. The highest BCUT2D eigenvalue weighted by molar-refractivity contribution is 6.28. The molecule has 46 heavy (non-hydrogen) atoms. The van der Waals surface area contributed by atoms with Crippen molar-refractivity contribution in [1.29, 1.82) is 0 Å². The van der Waals surface area contributed by atoms with Crippen LogP contribution in [-0.2, 0) is 9.59 Å². The number of carbonyl (C=O) groups is 4. The zero-order valence-corrected chi connectivity index (χ0v) is 25.8. The number of carbonyl (C=O) groups excluding carboxylic acids is 4. The molecular formula is C35H35N7O4. The first-order chi connectivity index (χ1) is 22.2. The zero-order valence-electron chi connectivity index (χ0n) is 25.8. The van der Waals surface area contributed by atoms with Gasteiger partial charge in [-0.05, 0) is 80.6 Å². The lowest BCUT2D eigenvalue weighted by atomic mass is 10.1. The van der Waals surface area contributed by atoms with Crippen LogP contribution in [0.25, 0.3) is 0 Å². The number of para-hydroxylation sites is 2. The lowest BCUT2D eigenvalue weighted by Gasteiger charge is -2.31. The van der Waals surface area contributed by atoms with Gasteiger partial charge in [0.15, 0.2) is 5.84 Å². The molecule has 4 aromatic rings. The highest BCUT2D eigenvalue weighted by Gasteiger charge is 2.54. The van der Waals surface area contributed by atoms with Gasteiger partial charge in [-0.3, -0.25) is 19.2 Å². The van der Waals surface area contributed by atoms with E-state index in [9.17, 15) is 19.2 Å². The lowest BCUT2D eigenvalue weighted by Crippen LogP contribution is -2.67. The predicted molar refractivity (Wildman–Crippen MR) is 180 cm³/mol. The second-order valence-electron chi connectivity index (χ2n) is 10.5. The highest BCUT2D eigenvalue weighted by atomic mass is 16.2. The van der Waals surface area contributed by atoms with Gasteiger partial charge in [0.25, 0.3) is 17.5 Å². The fourth-order valence-corrected chi connectivity index (χ4v) is 5.13. The third-order valence-electron chi connectivity index (χ3n) is 7.41. The molecule has 0 bridgehead atoms. The Kier molecular flexibility index (Phi) is 9.41. The van der Waals surface area contributed by atoms with Crippen molar-refractivity contribution in [2.24, 2.45) is 5.10 Å². The summed E-state index contributed by atoms with van der Waals surface area (Å²) in [5.74, 6) is -2.34. The zero-order chi connectivity index (χ0) is 32.7. The molecule has 0 fully saturated rings. The number of hydrogen-bond donors (Lipinski definition) is 4. The van der Waals surface area contributed by atoms with E-state index in [2.05, 4.69) is 45.1 Å². The van der Waals surface area contributed by atoms with Gasteiger partial charge in [0.05, 0.1) is 5.69 Å². The fraction of sp³-hybridized carbons (Fsp3) is 0.171. The van der Waals surface area contributed by atoms with Gasteiger partial charge in [-0.2, -0.15) is 5.01 Å². The van der Waals surface area contributed by atoms with Crippen LogP contribution in [-0.4, -0.2) is 48.2 Å². The summed E-state index contributed by atoms with van der Waals surface area (Å²) in [5, 5.41) is 17.0. The highest BCUT2D eigenvalue weighted by Crippen LogP contribution is 2.29. The number of nitrogens with zero attached hydrogens (tertiary/aromatic N) is 3. The molecule has 1 heterocycles. The molecule has 0 saturated heterocycles. The molecule has 0 aromatic heterocycles. The van der Waals surface area contributed by atoms with E-state index in [1.54, 1.807) is 84.9 Å². The number of amides is 4. The quantitative estimate of drug-likeness (QED) is 0.189. The molecule has 1 aliphatic rings. The van der Waals surface area contributed by atoms with E-state index in [1.807, 2.05) is 18.2 Å². The molecule has 0 radical (unpaired) electrons. The average molecular weight is 618 g/mol. The summed E-state index contributed by atoms with van der Waals surface area (Å²) in [5.41, 5.74) is 0.987. The van der Waals surface area contributed by atoms with E-state index in [-0.39, 0.29) is 17.0 Å². The van der Waals surface area contributed by atoms with Crippen molar-refractivity contribution < 1.29 is 19.2 Å². The third-order valence-corrected chi connectivity index (χ3v) is 7.41. The van der Waals surface area contributed by atoms with E-state index >= 15 is 0 Å². The summed E-state index contributed by atoms with van der Waals surface area (Å²) in [7, 11) is 0. The first-order valence-electron chi connectivity index (χ1n) is 14.9. The van der Waals surface area contributed by atoms with Crippen LogP contribution in [0.5, 0.6) is 0 Å². The maximum absolute atomic E-state index is 14.2. The molecule has 234 valence electrons. The van der Waals surface area contributed by atoms with E-state index < -0.39 is 29.3 Å². The Labute approximate surface area is 267 Å². The largest absolute Gasteiger partial charge is 0.372 e. The van der Waals surface area contributed by atoms with Crippen molar-refractivity contribution in [3.8, 4) is 0 Å². The molecule has 1 aliphatic heterocycles. The van der Waals surface area contributed by atoms with Crippen LogP contribution in [0.3, 0.4) is 0 Å². The molecule has 0 spiro atoms. The summed E-state index contributed by atoms with van der Waals surface area (Å²) < 4.78 is 0. The van der Waals surface area contributed by atoms with Gasteiger partial charge < -0.3 is 26.2 Å². The van der Waals surface area contributed by atoms with Gasteiger partial charge in [0.1, 0.15) is 0 Å². The predicted octanol–water partition coefficient (Wildman–Crippen LogP) is 4.82. The third kappa shape index (κ3) is 6.73. The van der Waals surface area contributed by atoms with Crippen LogP contribution in [0, 0.1) is 0 Å². The van der Waals surface area contributed by atoms with E-state index in [1.165, 1.54) is 13.0 Å². The molecule has 0 saturated carbocycles. The SMILES string of the molecule is CCN(CC)c1ccc(NC2(NC(C)=O)C(=O)N(c3ccccc3)N=C2NC(=O)c2cccc(C(=O)Nc3ccccc3)c2)cc1. The van der Waals surface area contributed by atoms with Crippen LogP contribution >= 0.6 is 0 Å². The van der Waals surface area contributed by atoms with Gasteiger partial charge in [0.2, 0.25) is 5.91 Å². The van der Waals surface area contributed by atoms with Crippen LogP contribution in [0.15, 0.2) is 114 Å². The molecule has 4 N–H and O–H groups in total. The van der Waals surface area contributed by atoms with Gasteiger partial charge in [-0.1, -0.05) is 42.5 Å². The molecule has 11 nitrogen and oxygen atoms in total. The smallest absolute Gasteiger partial charge is 0.302 e. The monoisotopic (exact) mass is 617 g/mol. The molecule has 1 unspecified atom stereocenters. The first-order valence-corrected chi connectivity index (χ1v) is 14.9. The Balaban J connectivity index is 1.49. The van der Waals surface area contributed by atoms with Crippen LogP contribution < -0.4 is 31.2 Å². The van der Waals surface area contributed by atoms with Gasteiger partial charge in [-0.25, -0.2) is 0 Å². The summed E-state index contributed by atoms with van der Waals surface area (Å²) >= 11 is 0. The normalized spacial score (nSPS) is 15.5. The van der Waals surface area contributed by atoms with Crippen LogP contribution in [0.4, 0.5) is 22.7 Å². The van der Waals surface area contributed by atoms with Crippen molar-refractivity contribution in [2.45, 2.75) is 26.4 Å². The number of amidine groups is 1. The number of hydrazone groups is 1. The van der Waals surface area contributed by atoms with Crippen molar-refractivity contribution >= 4 is 52.2 Å². The van der Waals surface area contributed by atoms with Crippen molar-refractivity contribution in [1.82, 2.24) is 10.6 Å². The number of hydrogen-bond acceptors (Lipinski definition) is 7. The minimum absolute atomic E-state index is 0.145. The molecule has 1 atom stereocenters. The molecule has 4 aromatic carbocycles. The average Bonchev–Trinajstić information content (AvgIpc) is 3.32. The van der Waals surface area contributed by atoms with Crippen molar-refractivity contribution in [3.63, 3.8) is 0 Å². The van der Waals surface area contributed by atoms with Gasteiger partial charge in [0, 0.05) is 48.2 Å². The fourth-order valence-electron chi connectivity index (χ4n) is 5.13. The standard InChI is InChI=1S/C35H35N7O4/c1-4-41(5-2)29-21-19-28(20-22-29)39-35(38-24(3)43)33(40-42(34(35)46)30-17-10-7-11-18-30)37-32(45)26-14-12-13-25(23-26)31(44)36-27-15-8-6-9-16-27/h6-23,39H,4-5H2,1-3H3,(H,36,44)(H,38,43)(H,37,40,45). The number of benzene rings is 4. The van der Waals surface area contributed by atoms with E-state index in [4.69, 9.17) is 0 Å². The summed E-state index contributed by atoms with van der Waals surface area (Å²) in [4.78, 5) is 55.6. The summed E-state index contributed by atoms with van der Waals surface area (Å²) in [6.45, 7) is 7.05. The summed E-state index contributed by atoms with van der Waals surface area (Å²) in [6, 6.07) is 31.2. The maximum Gasteiger partial charge on any atom is 0.302 e. The summed E-state index contributed by atoms with van der Waals surface area (Å²) in [6.07, 6.45) is 0. The Bertz CT molecular complexity index is 1760. The second-order valence-corrected chi connectivity index (χ2v) is 10.5. The minimum Gasteiger partial charge on any atom is -0.372 e.